The van der Waals surface area contributed by atoms with Crippen LogP contribution in [0.15, 0.2) is 24.5 Å². The van der Waals surface area contributed by atoms with Crippen molar-refractivity contribution in [2.75, 3.05) is 0 Å². The molecule has 0 aliphatic carbocycles. The minimum absolute atomic E-state index is 1.06. The zero-order valence-corrected chi connectivity index (χ0v) is 8.77. The molecule has 0 amide bonds. The highest BCUT2D eigenvalue weighted by molar-refractivity contribution is 5.02. The third-order valence-electron chi connectivity index (χ3n) is 1.42. The molecule has 1 rings (SSSR count). The van der Waals surface area contributed by atoms with E-state index in [-0.39, 0.29) is 0 Å². The van der Waals surface area contributed by atoms with Gasteiger partial charge >= 0.3 is 0 Å². The molecule has 0 radical (unpaired) electrons. The van der Waals surface area contributed by atoms with Gasteiger partial charge in [-0.2, -0.15) is 14.0 Å². The molecule has 1 aromatic heterocycles. The summed E-state index contributed by atoms with van der Waals surface area (Å²) in [6.45, 7) is 5.29. The first-order valence-electron chi connectivity index (χ1n) is 3.92. The van der Waals surface area contributed by atoms with E-state index in [1.54, 1.807) is 0 Å². The first kappa shape index (κ1) is 13.3. The van der Waals surface area contributed by atoms with Crippen molar-refractivity contribution in [2.24, 2.45) is 0 Å². The predicted molar refractivity (Wildman–Crippen MR) is 39.3 cm³/mol. The Hall–Kier alpha value is -0.720. The average Bonchev–Trinajstić information content (AvgIpc) is 2.03. The fourth-order valence-electron chi connectivity index (χ4n) is 0.743. The second kappa shape index (κ2) is 5.90. The largest absolute Gasteiger partial charge is 0.205 e. The molecule has 14 heavy (non-hydrogen) atoms. The van der Waals surface area contributed by atoms with Gasteiger partial charge in [0.25, 0.3) is 0 Å². The Labute approximate surface area is 84.6 Å². The predicted octanol–water partition coefficient (Wildman–Crippen LogP) is -2.82. The van der Waals surface area contributed by atoms with Gasteiger partial charge in [0.05, 0.1) is 14.9 Å². The molecule has 0 aromatic carbocycles. The maximum atomic E-state index is 8.60. The summed E-state index contributed by atoms with van der Waals surface area (Å²) < 4.78 is 34.9. The molecule has 0 fully saturated rings. The maximum absolute atomic E-state index is 8.60. The lowest BCUT2D eigenvalue weighted by atomic mass is 10.3. The summed E-state index contributed by atoms with van der Waals surface area (Å²) in [5, 5.41) is 0. The van der Waals surface area contributed by atoms with Gasteiger partial charge in [-0.25, -0.2) is 4.57 Å². The number of aryl methyl sites for hydroxylation is 2. The average molecular weight is 223 g/mol. The van der Waals surface area contributed by atoms with E-state index in [1.165, 1.54) is 5.56 Å². The second-order valence-electron chi connectivity index (χ2n) is 2.60. The first-order valence-corrected chi connectivity index (χ1v) is 5.18. The Kier molecular flexibility index (Phi) is 5.59. The number of rotatable bonds is 1. The molecule has 0 aliphatic heterocycles. The van der Waals surface area contributed by atoms with E-state index in [0.717, 1.165) is 6.54 Å². The molecule has 0 spiro atoms. The molecule has 80 valence electrons. The van der Waals surface area contributed by atoms with Crippen LogP contribution in [0.2, 0.25) is 0 Å². The van der Waals surface area contributed by atoms with Gasteiger partial charge in [0.1, 0.15) is 6.54 Å². The van der Waals surface area contributed by atoms with Crippen LogP contribution in [0, 0.1) is 17.2 Å². The quantitative estimate of drug-likeness (QED) is 0.519. The topological polar surface area (TPSA) is 93.3 Å². The number of nitrogens with zero attached hydrogens (tertiary/aromatic N) is 1. The van der Waals surface area contributed by atoms with E-state index in [2.05, 4.69) is 42.9 Å². The fraction of sp³-hybridized carbons (Fsp3) is 0.375. The molecule has 0 saturated heterocycles. The maximum Gasteiger partial charge on any atom is 0.169 e. The lowest BCUT2D eigenvalue weighted by molar-refractivity contribution is -1.92. The molecule has 5 nitrogen and oxygen atoms in total. The number of pyridine rings is 1. The lowest BCUT2D eigenvalue weighted by Crippen LogP contribution is -2.58. The van der Waals surface area contributed by atoms with E-state index >= 15 is 0 Å². The van der Waals surface area contributed by atoms with E-state index in [0.29, 0.717) is 0 Å². The summed E-state index contributed by atoms with van der Waals surface area (Å²) in [4.78, 5) is 0. The molecule has 0 saturated carbocycles. The molecule has 0 atom stereocenters. The van der Waals surface area contributed by atoms with Crippen molar-refractivity contribution in [2.45, 2.75) is 20.4 Å². The molecule has 1 N–H and O–H groups in total. The highest BCUT2D eigenvalue weighted by atomic mass is 35.7. The minimum atomic E-state index is -4.69. The summed E-state index contributed by atoms with van der Waals surface area (Å²) in [5.74, 6) is 0. The molecule has 1 aromatic rings. The molecular weight excluding hydrogens is 210 g/mol. The molecule has 0 unspecified atom stereocenters. The Bertz CT molecular complexity index is 251. The van der Waals surface area contributed by atoms with Crippen LogP contribution in [0.25, 0.3) is 0 Å². The normalized spacial score (nSPS) is 10.4. The van der Waals surface area contributed by atoms with Gasteiger partial charge in [0.15, 0.2) is 12.4 Å². The van der Waals surface area contributed by atoms with Gasteiger partial charge < -0.3 is 0 Å². The third-order valence-corrected chi connectivity index (χ3v) is 1.42. The second-order valence-corrected chi connectivity index (χ2v) is 3.39. The fourth-order valence-corrected chi connectivity index (χ4v) is 0.743. The molecule has 1 heterocycles. The number of halogens is 1. The van der Waals surface area contributed by atoms with Crippen LogP contribution in [0.5, 0.6) is 0 Å². The van der Waals surface area contributed by atoms with E-state index < -0.39 is 10.2 Å². The summed E-state index contributed by atoms with van der Waals surface area (Å²) in [6.07, 6.45) is 4.19. The summed E-state index contributed by atoms with van der Waals surface area (Å²) in [5.41, 5.74) is 1.32. The smallest absolute Gasteiger partial charge is 0.169 e. The SMILES string of the molecule is CC[n+]1ccc(C)cc1.[O-][Cl+3]([O-])([O-])O. The summed E-state index contributed by atoms with van der Waals surface area (Å²) in [6, 6.07) is 4.23. The van der Waals surface area contributed by atoms with Gasteiger partial charge in [0.2, 0.25) is 0 Å². The molecular formula is C8H13ClNO4+. The Morgan fingerprint density at radius 2 is 1.64 bits per heavy atom. The van der Waals surface area contributed by atoms with Crippen molar-refractivity contribution in [3.05, 3.63) is 30.1 Å². The Balaban J connectivity index is 0.000000292. The van der Waals surface area contributed by atoms with Crippen molar-refractivity contribution in [3.8, 4) is 0 Å². The van der Waals surface area contributed by atoms with Gasteiger partial charge in [-0.1, -0.05) is 0 Å². The summed E-state index contributed by atoms with van der Waals surface area (Å²) in [7, 11) is -4.69. The van der Waals surface area contributed by atoms with E-state index in [1.807, 2.05) is 0 Å². The Morgan fingerprint density at radius 3 is 1.93 bits per heavy atom. The van der Waals surface area contributed by atoms with Gasteiger partial charge in [-0.3, -0.25) is 0 Å². The van der Waals surface area contributed by atoms with Crippen LogP contribution < -0.4 is 18.5 Å². The number of hydrogen-bond acceptors (Lipinski definition) is 4. The summed E-state index contributed by atoms with van der Waals surface area (Å²) >= 11 is 0. The Morgan fingerprint density at radius 1 is 1.29 bits per heavy atom. The van der Waals surface area contributed by atoms with Crippen LogP contribution in [-0.4, -0.2) is 4.66 Å². The van der Waals surface area contributed by atoms with Crippen LogP contribution in [0.1, 0.15) is 12.5 Å². The molecule has 0 bridgehead atoms. The van der Waals surface area contributed by atoms with Crippen molar-refractivity contribution >= 4 is 0 Å². The molecule has 0 aliphatic rings. The number of hydrogen-bond donors (Lipinski definition) is 1. The highest BCUT2D eigenvalue weighted by Crippen LogP contribution is 1.88. The van der Waals surface area contributed by atoms with Gasteiger partial charge in [-0.15, -0.1) is 0 Å². The third kappa shape index (κ3) is 9.37. The lowest BCUT2D eigenvalue weighted by Gasteiger charge is -2.03. The van der Waals surface area contributed by atoms with E-state index in [4.69, 9.17) is 18.6 Å². The monoisotopic (exact) mass is 222 g/mol. The first-order chi connectivity index (χ1) is 6.33. The van der Waals surface area contributed by atoms with Gasteiger partial charge in [-0.05, 0) is 19.4 Å². The van der Waals surface area contributed by atoms with Crippen molar-refractivity contribution in [1.82, 2.24) is 0 Å². The van der Waals surface area contributed by atoms with E-state index in [9.17, 15) is 0 Å². The standard InChI is InChI=1S/C8H12N.ClHO4/c1-3-9-6-4-8(2)5-7-9;2-1(3,4)5/h4-7H,3H2,1-2H3;(H,2,3,4,5)/q+1;. The zero-order valence-electron chi connectivity index (χ0n) is 8.01. The van der Waals surface area contributed by atoms with Gasteiger partial charge in [0, 0.05) is 12.1 Å². The van der Waals surface area contributed by atoms with Crippen molar-refractivity contribution in [1.29, 1.82) is 0 Å². The minimum Gasteiger partial charge on any atom is -0.205 e. The van der Waals surface area contributed by atoms with Crippen LogP contribution >= 0.6 is 0 Å². The highest BCUT2D eigenvalue weighted by Gasteiger charge is 1.98. The van der Waals surface area contributed by atoms with Crippen LogP contribution in [0.4, 0.5) is 0 Å². The van der Waals surface area contributed by atoms with Crippen molar-refractivity contribution < 1.29 is 33.4 Å². The number of aromatic nitrogens is 1. The van der Waals surface area contributed by atoms with Crippen molar-refractivity contribution in [3.63, 3.8) is 0 Å². The molecule has 6 heteroatoms. The van der Waals surface area contributed by atoms with Crippen LogP contribution in [0.3, 0.4) is 0 Å². The van der Waals surface area contributed by atoms with Crippen LogP contribution in [-0.2, 0) is 6.54 Å². The zero-order chi connectivity index (χ0) is 11.2.